The van der Waals surface area contributed by atoms with Crippen molar-refractivity contribution in [3.05, 3.63) is 65.7 Å². The number of hydrogen-bond acceptors (Lipinski definition) is 3. The molecule has 1 unspecified atom stereocenters. The van der Waals surface area contributed by atoms with E-state index in [-0.39, 0.29) is 31.3 Å². The number of amides is 2. The second kappa shape index (κ2) is 9.19. The van der Waals surface area contributed by atoms with Crippen LogP contribution in [-0.2, 0) is 22.3 Å². The number of carbonyl (C=O) groups is 2. The van der Waals surface area contributed by atoms with Gasteiger partial charge in [-0.15, -0.1) is 0 Å². The van der Waals surface area contributed by atoms with E-state index in [1.807, 2.05) is 42.3 Å². The molecule has 0 spiro atoms. The van der Waals surface area contributed by atoms with Crippen molar-refractivity contribution in [2.24, 2.45) is 5.92 Å². The topological polar surface area (TPSA) is 52.7 Å². The van der Waals surface area contributed by atoms with Gasteiger partial charge < -0.3 is 15.1 Å². The molecule has 0 aromatic heterocycles. The van der Waals surface area contributed by atoms with Gasteiger partial charge in [0, 0.05) is 45.3 Å². The summed E-state index contributed by atoms with van der Waals surface area (Å²) in [5.74, 6) is -0.935. The van der Waals surface area contributed by atoms with Gasteiger partial charge in [-0.05, 0) is 29.8 Å². The summed E-state index contributed by atoms with van der Waals surface area (Å²) in [4.78, 5) is 28.1. The van der Waals surface area contributed by atoms with Crippen LogP contribution in [0.15, 0.2) is 54.6 Å². The summed E-state index contributed by atoms with van der Waals surface area (Å²) in [6.07, 6.45) is -4.36. The van der Waals surface area contributed by atoms with Crippen molar-refractivity contribution >= 4 is 17.5 Å². The van der Waals surface area contributed by atoms with Gasteiger partial charge in [0.05, 0.1) is 11.5 Å². The van der Waals surface area contributed by atoms with E-state index >= 15 is 0 Å². The fourth-order valence-corrected chi connectivity index (χ4v) is 3.47. The largest absolute Gasteiger partial charge is 0.416 e. The van der Waals surface area contributed by atoms with E-state index in [2.05, 4.69) is 5.32 Å². The van der Waals surface area contributed by atoms with E-state index in [9.17, 15) is 22.8 Å². The lowest BCUT2D eigenvalue weighted by molar-refractivity contribution is -0.137. The SMILES string of the molecule is CN(CCNC(=O)C1CC(=O)N(Cc2cccc(C(F)(F)F)c2)C1)c1ccccc1. The lowest BCUT2D eigenvalue weighted by Gasteiger charge is -2.20. The molecule has 1 aliphatic rings. The number of para-hydroxylation sites is 1. The van der Waals surface area contributed by atoms with Crippen molar-refractivity contribution < 1.29 is 22.8 Å². The molecule has 0 aliphatic carbocycles. The number of likely N-dealkylation sites (N-methyl/N-ethyl adjacent to an activating group) is 1. The molecule has 1 aliphatic heterocycles. The molecule has 160 valence electrons. The van der Waals surface area contributed by atoms with Crippen molar-refractivity contribution in [3.63, 3.8) is 0 Å². The second-order valence-corrected chi connectivity index (χ2v) is 7.42. The summed E-state index contributed by atoms with van der Waals surface area (Å²) in [5.41, 5.74) is 0.683. The predicted octanol–water partition coefficient (Wildman–Crippen LogP) is 3.31. The fraction of sp³-hybridized carbons (Fsp3) is 0.364. The molecule has 3 rings (SSSR count). The smallest absolute Gasteiger partial charge is 0.373 e. The van der Waals surface area contributed by atoms with Gasteiger partial charge in [0.2, 0.25) is 11.8 Å². The molecular weight excluding hydrogens is 395 g/mol. The number of halogens is 3. The highest BCUT2D eigenvalue weighted by Gasteiger charge is 2.35. The standard InChI is InChI=1S/C22H24F3N3O2/c1-27(19-8-3-2-4-9-19)11-10-26-21(30)17-13-20(29)28(15-17)14-16-6-5-7-18(12-16)22(23,24)25/h2-9,12,17H,10-11,13-15H2,1H3,(H,26,30). The minimum absolute atomic E-state index is 0.0588. The molecule has 1 heterocycles. The Kier molecular flexibility index (Phi) is 6.64. The average molecular weight is 419 g/mol. The molecule has 30 heavy (non-hydrogen) atoms. The summed E-state index contributed by atoms with van der Waals surface area (Å²) in [5, 5.41) is 2.85. The van der Waals surface area contributed by atoms with Crippen LogP contribution < -0.4 is 10.2 Å². The number of rotatable bonds is 7. The van der Waals surface area contributed by atoms with Gasteiger partial charge in [0.25, 0.3) is 0 Å². The summed E-state index contributed by atoms with van der Waals surface area (Å²) in [6.45, 7) is 1.31. The van der Waals surface area contributed by atoms with Crippen LogP contribution in [0.3, 0.4) is 0 Å². The molecule has 2 amide bonds. The molecule has 5 nitrogen and oxygen atoms in total. The minimum Gasteiger partial charge on any atom is -0.373 e. The third kappa shape index (κ3) is 5.52. The molecule has 0 saturated carbocycles. The van der Waals surface area contributed by atoms with Crippen LogP contribution in [0.2, 0.25) is 0 Å². The molecule has 8 heteroatoms. The molecule has 0 radical (unpaired) electrons. The first-order chi connectivity index (χ1) is 14.2. The molecule has 0 bridgehead atoms. The highest BCUT2D eigenvalue weighted by Crippen LogP contribution is 2.30. The predicted molar refractivity (Wildman–Crippen MR) is 108 cm³/mol. The van der Waals surface area contributed by atoms with Crippen LogP contribution in [0.4, 0.5) is 18.9 Å². The second-order valence-electron chi connectivity index (χ2n) is 7.42. The number of alkyl halides is 3. The lowest BCUT2D eigenvalue weighted by Crippen LogP contribution is -2.37. The van der Waals surface area contributed by atoms with Crippen molar-refractivity contribution in [1.29, 1.82) is 0 Å². The van der Waals surface area contributed by atoms with Gasteiger partial charge in [0.1, 0.15) is 0 Å². The Hall–Kier alpha value is -3.03. The maximum atomic E-state index is 12.9. The van der Waals surface area contributed by atoms with Crippen molar-refractivity contribution in [2.45, 2.75) is 19.1 Å². The van der Waals surface area contributed by atoms with E-state index in [0.717, 1.165) is 17.8 Å². The Morgan fingerprint density at radius 3 is 2.60 bits per heavy atom. The number of nitrogens with zero attached hydrogens (tertiary/aromatic N) is 2. The van der Waals surface area contributed by atoms with Crippen LogP contribution in [0, 0.1) is 5.92 Å². The highest BCUT2D eigenvalue weighted by molar-refractivity contribution is 5.89. The summed E-state index contributed by atoms with van der Waals surface area (Å²) in [6, 6.07) is 14.7. The monoisotopic (exact) mass is 419 g/mol. The van der Waals surface area contributed by atoms with Crippen molar-refractivity contribution in [3.8, 4) is 0 Å². The Labute approximate surface area is 173 Å². The molecule has 2 aromatic carbocycles. The van der Waals surface area contributed by atoms with Gasteiger partial charge in [-0.2, -0.15) is 13.2 Å². The van der Waals surface area contributed by atoms with Gasteiger partial charge in [-0.3, -0.25) is 9.59 Å². The van der Waals surface area contributed by atoms with E-state index < -0.39 is 17.7 Å². The van der Waals surface area contributed by atoms with Gasteiger partial charge in [-0.1, -0.05) is 30.3 Å². The van der Waals surface area contributed by atoms with Crippen molar-refractivity contribution in [2.75, 3.05) is 31.6 Å². The first kappa shape index (κ1) is 21.7. The zero-order valence-electron chi connectivity index (χ0n) is 16.7. The molecule has 1 N–H and O–H groups in total. The van der Waals surface area contributed by atoms with Crippen molar-refractivity contribution in [1.82, 2.24) is 10.2 Å². The summed E-state index contributed by atoms with van der Waals surface area (Å²) in [7, 11) is 1.93. The average Bonchev–Trinajstić information content (AvgIpc) is 3.08. The minimum atomic E-state index is -4.43. The molecular formula is C22H24F3N3O2. The van der Waals surface area contributed by atoms with Crippen LogP contribution in [0.5, 0.6) is 0 Å². The number of likely N-dealkylation sites (tertiary alicyclic amines) is 1. The van der Waals surface area contributed by atoms with Gasteiger partial charge >= 0.3 is 6.18 Å². The number of carbonyl (C=O) groups excluding carboxylic acids is 2. The summed E-state index contributed by atoms with van der Waals surface area (Å²) < 4.78 is 38.6. The number of hydrogen-bond donors (Lipinski definition) is 1. The van der Waals surface area contributed by atoms with E-state index in [1.54, 1.807) is 6.07 Å². The molecule has 1 atom stereocenters. The number of anilines is 1. The fourth-order valence-electron chi connectivity index (χ4n) is 3.47. The molecule has 2 aromatic rings. The third-order valence-electron chi connectivity index (χ3n) is 5.16. The highest BCUT2D eigenvalue weighted by atomic mass is 19.4. The first-order valence-corrected chi connectivity index (χ1v) is 9.72. The normalized spacial score (nSPS) is 16.6. The van der Waals surface area contributed by atoms with Gasteiger partial charge in [0.15, 0.2) is 0 Å². The maximum absolute atomic E-state index is 12.9. The van der Waals surface area contributed by atoms with Crippen LogP contribution in [0.1, 0.15) is 17.5 Å². The van der Waals surface area contributed by atoms with Crippen LogP contribution in [-0.4, -0.2) is 43.4 Å². The van der Waals surface area contributed by atoms with Crippen LogP contribution in [0.25, 0.3) is 0 Å². The Morgan fingerprint density at radius 2 is 1.90 bits per heavy atom. The number of nitrogens with one attached hydrogen (secondary N) is 1. The zero-order chi connectivity index (χ0) is 21.7. The Morgan fingerprint density at radius 1 is 1.17 bits per heavy atom. The van der Waals surface area contributed by atoms with E-state index in [0.29, 0.717) is 18.7 Å². The van der Waals surface area contributed by atoms with E-state index in [1.165, 1.54) is 11.0 Å². The molecule has 1 fully saturated rings. The zero-order valence-corrected chi connectivity index (χ0v) is 16.7. The number of benzene rings is 2. The van der Waals surface area contributed by atoms with Crippen LogP contribution >= 0.6 is 0 Å². The third-order valence-corrected chi connectivity index (χ3v) is 5.16. The quantitative estimate of drug-likeness (QED) is 0.749. The molecule has 1 saturated heterocycles. The maximum Gasteiger partial charge on any atom is 0.416 e. The van der Waals surface area contributed by atoms with Gasteiger partial charge in [-0.25, -0.2) is 0 Å². The summed E-state index contributed by atoms with van der Waals surface area (Å²) >= 11 is 0. The first-order valence-electron chi connectivity index (χ1n) is 9.72. The Balaban J connectivity index is 1.50. The lowest BCUT2D eigenvalue weighted by atomic mass is 10.1. The van der Waals surface area contributed by atoms with E-state index in [4.69, 9.17) is 0 Å². The Bertz CT molecular complexity index is 887.